The highest BCUT2D eigenvalue weighted by molar-refractivity contribution is 7.92. The van der Waals surface area contributed by atoms with Crippen molar-refractivity contribution in [2.45, 2.75) is 25.7 Å². The van der Waals surface area contributed by atoms with Crippen molar-refractivity contribution in [3.63, 3.8) is 0 Å². The van der Waals surface area contributed by atoms with Gasteiger partial charge in [0.2, 0.25) is 5.95 Å². The minimum Gasteiger partial charge on any atom is -0.355 e. The lowest BCUT2D eigenvalue weighted by atomic mass is 10.4. The third-order valence-corrected chi connectivity index (χ3v) is 3.87. The van der Waals surface area contributed by atoms with E-state index in [0.29, 0.717) is 23.9 Å². The summed E-state index contributed by atoms with van der Waals surface area (Å²) in [7, 11) is -3.84. The zero-order valence-corrected chi connectivity index (χ0v) is 12.6. The summed E-state index contributed by atoms with van der Waals surface area (Å²) in [5.41, 5.74) is 1.23. The van der Waals surface area contributed by atoms with Gasteiger partial charge in [0.25, 0.3) is 16.0 Å². The van der Waals surface area contributed by atoms with Gasteiger partial charge >= 0.3 is 0 Å². The molecule has 2 aromatic heterocycles. The number of aromatic nitrogens is 5. The third-order valence-electron chi connectivity index (χ3n) is 2.59. The molecule has 0 aliphatic heterocycles. The molecule has 0 radical (unpaired) electrons. The quantitative estimate of drug-likeness (QED) is 0.819. The highest BCUT2D eigenvalue weighted by atomic mass is 32.2. The summed E-state index contributed by atoms with van der Waals surface area (Å²) < 4.78 is 26.5. The molecule has 10 heteroatoms. The summed E-state index contributed by atoms with van der Waals surface area (Å²) in [5, 5.41) is 10.4. The van der Waals surface area contributed by atoms with E-state index in [-0.39, 0.29) is 10.8 Å². The fraction of sp³-hybridized carbons (Fsp3) is 0.364. The van der Waals surface area contributed by atoms with Gasteiger partial charge in [-0.05, 0) is 20.8 Å². The molecule has 0 spiro atoms. The smallest absolute Gasteiger partial charge is 0.267 e. The minimum absolute atomic E-state index is 0.0778. The van der Waals surface area contributed by atoms with Gasteiger partial charge in [0.1, 0.15) is 4.90 Å². The first-order chi connectivity index (χ1) is 9.92. The van der Waals surface area contributed by atoms with Gasteiger partial charge < -0.3 is 5.32 Å². The van der Waals surface area contributed by atoms with Crippen molar-refractivity contribution in [3.8, 4) is 0 Å². The average Bonchev–Trinajstić information content (AvgIpc) is 2.44. The zero-order chi connectivity index (χ0) is 15.5. The Morgan fingerprint density at radius 1 is 1.05 bits per heavy atom. The number of hydrogen-bond donors (Lipinski definition) is 2. The lowest BCUT2D eigenvalue weighted by Crippen LogP contribution is -2.17. The number of nitrogens with one attached hydrogen (secondary N) is 2. The van der Waals surface area contributed by atoms with Crippen LogP contribution in [0.2, 0.25) is 0 Å². The summed E-state index contributed by atoms with van der Waals surface area (Å²) in [6.07, 6.45) is 2.42. The number of nitrogens with zero attached hydrogens (tertiary/aromatic N) is 5. The first-order valence-electron chi connectivity index (χ1n) is 6.19. The Morgan fingerprint density at radius 3 is 2.29 bits per heavy atom. The second kappa shape index (κ2) is 5.95. The molecule has 2 N–H and O–H groups in total. The summed E-state index contributed by atoms with van der Waals surface area (Å²) in [6, 6.07) is 0. The van der Waals surface area contributed by atoms with Crippen LogP contribution in [0.3, 0.4) is 0 Å². The number of anilines is 2. The molecule has 0 fully saturated rings. The number of rotatable bonds is 5. The lowest BCUT2D eigenvalue weighted by molar-refractivity contribution is 0.599. The number of hydrogen-bond acceptors (Lipinski definition) is 8. The lowest BCUT2D eigenvalue weighted by Gasteiger charge is -2.07. The van der Waals surface area contributed by atoms with E-state index in [0.717, 1.165) is 0 Å². The molecule has 2 aromatic rings. The number of aryl methyl sites for hydroxylation is 2. The Bertz CT molecular complexity index is 731. The van der Waals surface area contributed by atoms with Crippen molar-refractivity contribution in [2.24, 2.45) is 0 Å². The van der Waals surface area contributed by atoms with Gasteiger partial charge in [-0.25, -0.2) is 28.1 Å². The van der Waals surface area contributed by atoms with E-state index < -0.39 is 10.0 Å². The summed E-state index contributed by atoms with van der Waals surface area (Å²) >= 11 is 0. The molecular weight excluding hydrogens is 294 g/mol. The Morgan fingerprint density at radius 2 is 1.71 bits per heavy atom. The molecule has 112 valence electrons. The maximum absolute atomic E-state index is 12.1. The van der Waals surface area contributed by atoms with E-state index in [2.05, 4.69) is 35.2 Å². The Labute approximate surface area is 122 Å². The molecule has 21 heavy (non-hydrogen) atoms. The van der Waals surface area contributed by atoms with Gasteiger partial charge in [0, 0.05) is 6.54 Å². The van der Waals surface area contributed by atoms with Crippen LogP contribution < -0.4 is 10.0 Å². The third kappa shape index (κ3) is 3.60. The average molecular weight is 309 g/mol. The van der Waals surface area contributed by atoms with E-state index >= 15 is 0 Å². The highest BCUT2D eigenvalue weighted by Gasteiger charge is 2.17. The first-order valence-corrected chi connectivity index (χ1v) is 7.67. The number of sulfonamides is 1. The molecular formula is C11H15N7O2S. The van der Waals surface area contributed by atoms with Gasteiger partial charge in [-0.2, -0.15) is 5.10 Å². The van der Waals surface area contributed by atoms with Crippen molar-refractivity contribution in [1.29, 1.82) is 0 Å². The summed E-state index contributed by atoms with van der Waals surface area (Å²) in [4.78, 5) is 11.8. The van der Waals surface area contributed by atoms with E-state index in [4.69, 9.17) is 0 Å². The van der Waals surface area contributed by atoms with Crippen molar-refractivity contribution in [1.82, 2.24) is 25.1 Å². The fourth-order valence-corrected chi connectivity index (χ4v) is 2.21. The van der Waals surface area contributed by atoms with Crippen LogP contribution in [0, 0.1) is 13.8 Å². The van der Waals surface area contributed by atoms with Crippen LogP contribution in [0.5, 0.6) is 0 Å². The van der Waals surface area contributed by atoms with E-state index in [9.17, 15) is 8.42 Å². The van der Waals surface area contributed by atoms with Crippen LogP contribution in [-0.4, -0.2) is 40.1 Å². The summed E-state index contributed by atoms with van der Waals surface area (Å²) in [5.74, 6) is 0.273. The first kappa shape index (κ1) is 15.0. The monoisotopic (exact) mass is 309 g/mol. The largest absolute Gasteiger partial charge is 0.355 e. The van der Waals surface area contributed by atoms with E-state index in [1.54, 1.807) is 13.8 Å². The fourth-order valence-electron chi connectivity index (χ4n) is 1.38. The van der Waals surface area contributed by atoms with Crippen molar-refractivity contribution < 1.29 is 8.42 Å². The Kier molecular flexibility index (Phi) is 4.26. The molecule has 0 unspecified atom stereocenters. The van der Waals surface area contributed by atoms with Crippen molar-refractivity contribution >= 4 is 21.9 Å². The molecule has 0 saturated heterocycles. The predicted octanol–water partition coefficient (Wildman–Crippen LogP) is 0.511. The Balaban J connectivity index is 2.23. The van der Waals surface area contributed by atoms with Crippen molar-refractivity contribution in [2.75, 3.05) is 16.6 Å². The van der Waals surface area contributed by atoms with Crippen LogP contribution in [-0.2, 0) is 10.0 Å². The molecule has 0 aliphatic rings. The molecule has 0 aliphatic carbocycles. The zero-order valence-electron chi connectivity index (χ0n) is 11.8. The summed E-state index contributed by atoms with van der Waals surface area (Å²) in [6.45, 7) is 5.99. The van der Waals surface area contributed by atoms with Gasteiger partial charge in [0.05, 0.1) is 23.8 Å². The highest BCUT2D eigenvalue weighted by Crippen LogP contribution is 2.12. The molecule has 0 saturated carbocycles. The normalized spacial score (nSPS) is 11.2. The Hall–Kier alpha value is -2.36. The van der Waals surface area contributed by atoms with Crippen molar-refractivity contribution in [3.05, 3.63) is 23.8 Å². The van der Waals surface area contributed by atoms with Gasteiger partial charge in [-0.15, -0.1) is 5.10 Å². The molecule has 0 aromatic carbocycles. The second-order valence-electron chi connectivity index (χ2n) is 4.18. The van der Waals surface area contributed by atoms with E-state index in [1.807, 2.05) is 6.92 Å². The van der Waals surface area contributed by atoms with Gasteiger partial charge in [-0.1, -0.05) is 0 Å². The van der Waals surface area contributed by atoms with E-state index in [1.165, 1.54) is 12.4 Å². The maximum Gasteiger partial charge on any atom is 0.267 e. The minimum atomic E-state index is -3.84. The second-order valence-corrected chi connectivity index (χ2v) is 5.87. The molecule has 0 atom stereocenters. The SMILES string of the molecule is CCNc1ncc(S(=O)(=O)Nc2nnc(C)c(C)n2)cn1. The van der Waals surface area contributed by atoms with Crippen LogP contribution >= 0.6 is 0 Å². The van der Waals surface area contributed by atoms with Crippen LogP contribution in [0.25, 0.3) is 0 Å². The van der Waals surface area contributed by atoms with Gasteiger partial charge in [0.15, 0.2) is 0 Å². The van der Waals surface area contributed by atoms with Crippen LogP contribution in [0.4, 0.5) is 11.9 Å². The molecule has 0 amide bonds. The standard InChI is InChI=1S/C11H15N7O2S/c1-4-12-10-13-5-9(6-14-10)21(19,20)18-11-15-7(2)8(3)16-17-11/h5-6H,4H2,1-3H3,(H,12,13,14)(H,15,17,18). The predicted molar refractivity (Wildman–Crippen MR) is 76.3 cm³/mol. The molecule has 0 bridgehead atoms. The molecule has 2 heterocycles. The van der Waals surface area contributed by atoms with Crippen LogP contribution in [0.15, 0.2) is 17.3 Å². The topological polar surface area (TPSA) is 123 Å². The van der Waals surface area contributed by atoms with Crippen LogP contribution in [0.1, 0.15) is 18.3 Å². The van der Waals surface area contributed by atoms with Gasteiger partial charge in [-0.3, -0.25) is 0 Å². The molecule has 9 nitrogen and oxygen atoms in total. The maximum atomic E-state index is 12.1. The molecule has 2 rings (SSSR count).